The van der Waals surface area contributed by atoms with Gasteiger partial charge in [-0.25, -0.2) is 9.59 Å². The van der Waals surface area contributed by atoms with E-state index in [4.69, 9.17) is 9.47 Å². The molecular formula is C33H44O6. The van der Waals surface area contributed by atoms with Gasteiger partial charge >= 0.3 is 11.9 Å². The smallest absolute Gasteiger partial charge is 0.379 e. The average Bonchev–Trinajstić information content (AvgIpc) is 2.82. The molecule has 0 saturated heterocycles. The van der Waals surface area contributed by atoms with Crippen molar-refractivity contribution in [2.45, 2.75) is 102 Å². The lowest BCUT2D eigenvalue weighted by molar-refractivity contribution is -0.160. The van der Waals surface area contributed by atoms with Gasteiger partial charge in [-0.3, -0.25) is 9.59 Å². The summed E-state index contributed by atoms with van der Waals surface area (Å²) in [6.45, 7) is 22.7. The fourth-order valence-corrected chi connectivity index (χ4v) is 4.34. The van der Waals surface area contributed by atoms with Crippen molar-refractivity contribution < 1.29 is 28.7 Å². The highest BCUT2D eigenvalue weighted by Crippen LogP contribution is 2.34. The third kappa shape index (κ3) is 7.43. The fraction of sp³-hybridized carbons (Fsp3) is 0.515. The molecule has 2 unspecified atom stereocenters. The minimum atomic E-state index is -0.956. The summed E-state index contributed by atoms with van der Waals surface area (Å²) in [5.74, 6) is -3.34. The number of ether oxygens (including phenoxy) is 2. The Kier molecular flexibility index (Phi) is 9.70. The van der Waals surface area contributed by atoms with Gasteiger partial charge in [-0.2, -0.15) is 0 Å². The molecule has 212 valence electrons. The van der Waals surface area contributed by atoms with E-state index in [1.54, 1.807) is 12.1 Å². The first kappa shape index (κ1) is 31.9. The monoisotopic (exact) mass is 536 g/mol. The lowest BCUT2D eigenvalue weighted by Crippen LogP contribution is -2.42. The van der Waals surface area contributed by atoms with E-state index in [9.17, 15) is 19.2 Å². The van der Waals surface area contributed by atoms with Gasteiger partial charge in [0.15, 0.2) is 0 Å². The Morgan fingerprint density at radius 3 is 1.15 bits per heavy atom. The molecule has 0 radical (unpaired) electrons. The number of aryl methyl sites for hydroxylation is 2. The number of ketones is 2. The Hall–Kier alpha value is -3.28. The van der Waals surface area contributed by atoms with Crippen LogP contribution in [-0.2, 0) is 19.1 Å². The number of Topliss-reactive ketones (excluding diaryl/α,β-unsaturated/α-hetero) is 2. The summed E-state index contributed by atoms with van der Waals surface area (Å²) < 4.78 is 11.6. The topological polar surface area (TPSA) is 86.7 Å². The number of carbonyl (C=O) groups is 4. The predicted octanol–water partition coefficient (Wildman–Crippen LogP) is 6.91. The van der Waals surface area contributed by atoms with Crippen molar-refractivity contribution in [1.82, 2.24) is 0 Å². The lowest BCUT2D eigenvalue weighted by atomic mass is 9.79. The first-order valence-electron chi connectivity index (χ1n) is 13.4. The summed E-state index contributed by atoms with van der Waals surface area (Å²) in [4.78, 5) is 52.3. The number of hydrogen-bond donors (Lipinski definition) is 0. The summed E-state index contributed by atoms with van der Waals surface area (Å²) in [5, 5.41) is 0. The minimum Gasteiger partial charge on any atom is -0.456 e. The van der Waals surface area contributed by atoms with Crippen LogP contribution in [-0.4, -0.2) is 35.7 Å². The summed E-state index contributed by atoms with van der Waals surface area (Å²) in [6.07, 6.45) is -1.38. The summed E-state index contributed by atoms with van der Waals surface area (Å²) >= 11 is 0. The number of carbonyl (C=O) groups excluding carboxylic acids is 4. The van der Waals surface area contributed by atoms with Crippen LogP contribution in [0.25, 0.3) is 0 Å². The predicted molar refractivity (Wildman–Crippen MR) is 153 cm³/mol. The third-order valence-electron chi connectivity index (χ3n) is 7.83. The van der Waals surface area contributed by atoms with E-state index in [-0.39, 0.29) is 6.42 Å². The summed E-state index contributed by atoms with van der Waals surface area (Å²) in [5.41, 5.74) is 4.92. The van der Waals surface area contributed by atoms with Crippen molar-refractivity contribution in [2.24, 2.45) is 10.8 Å². The Morgan fingerprint density at radius 2 is 0.872 bits per heavy atom. The van der Waals surface area contributed by atoms with E-state index >= 15 is 0 Å². The molecule has 2 aromatic carbocycles. The number of hydrogen-bond acceptors (Lipinski definition) is 6. The second-order valence-corrected chi connectivity index (χ2v) is 12.8. The van der Waals surface area contributed by atoms with Crippen LogP contribution in [0.4, 0.5) is 0 Å². The maximum Gasteiger partial charge on any atom is 0.379 e. The molecule has 0 spiro atoms. The van der Waals surface area contributed by atoms with Gasteiger partial charge in [-0.05, 0) is 85.8 Å². The molecule has 0 aliphatic rings. The second-order valence-electron chi connectivity index (χ2n) is 12.8. The molecule has 0 aliphatic heterocycles. The van der Waals surface area contributed by atoms with Crippen LogP contribution in [0.5, 0.6) is 0 Å². The van der Waals surface area contributed by atoms with Crippen LogP contribution >= 0.6 is 0 Å². The Balaban J connectivity index is 2.31. The fourth-order valence-electron chi connectivity index (χ4n) is 4.34. The highest BCUT2D eigenvalue weighted by atomic mass is 16.6. The standard InChI is InChI=1S/C33H44O6/c1-18-13-15-24(22(5)20(18)3)28(34)30(36)38-26(32(7,8)9)17-27(33(10,11)12)39-31(37)29(35)25-16-14-19(2)21(4)23(25)6/h13-16,26-27H,17H2,1-12H3. The molecule has 0 amide bonds. The first-order valence-corrected chi connectivity index (χ1v) is 13.4. The molecule has 2 atom stereocenters. The van der Waals surface area contributed by atoms with Crippen molar-refractivity contribution in [3.63, 3.8) is 0 Å². The zero-order valence-electron chi connectivity index (χ0n) is 25.6. The number of esters is 2. The van der Waals surface area contributed by atoms with E-state index in [0.717, 1.165) is 33.4 Å². The molecule has 0 saturated carbocycles. The molecule has 0 bridgehead atoms. The van der Waals surface area contributed by atoms with Crippen molar-refractivity contribution >= 4 is 23.5 Å². The summed E-state index contributed by atoms with van der Waals surface area (Å²) in [6, 6.07) is 6.92. The van der Waals surface area contributed by atoms with Crippen LogP contribution in [0, 0.1) is 52.4 Å². The van der Waals surface area contributed by atoms with Crippen LogP contribution in [0.2, 0.25) is 0 Å². The van der Waals surface area contributed by atoms with Gasteiger partial charge in [0, 0.05) is 17.5 Å². The minimum absolute atomic E-state index is 0.128. The Labute approximate surface area is 233 Å². The maximum atomic E-state index is 13.1. The third-order valence-corrected chi connectivity index (χ3v) is 7.83. The molecule has 2 aromatic rings. The van der Waals surface area contributed by atoms with E-state index in [1.807, 2.05) is 95.2 Å². The quantitative estimate of drug-likeness (QED) is 0.207. The Bertz CT molecular complexity index is 1190. The van der Waals surface area contributed by atoms with Crippen molar-refractivity contribution in [3.8, 4) is 0 Å². The molecule has 0 fully saturated rings. The van der Waals surface area contributed by atoms with Crippen molar-refractivity contribution in [3.05, 3.63) is 68.8 Å². The van der Waals surface area contributed by atoms with Gasteiger partial charge in [-0.1, -0.05) is 65.8 Å². The van der Waals surface area contributed by atoms with Crippen LogP contribution < -0.4 is 0 Å². The molecular weight excluding hydrogens is 492 g/mol. The summed E-state index contributed by atoms with van der Waals surface area (Å²) in [7, 11) is 0. The number of rotatable bonds is 8. The molecule has 6 nitrogen and oxygen atoms in total. The molecule has 0 N–H and O–H groups in total. The highest BCUT2D eigenvalue weighted by Gasteiger charge is 2.39. The largest absolute Gasteiger partial charge is 0.456 e. The average molecular weight is 537 g/mol. The molecule has 0 aromatic heterocycles. The maximum absolute atomic E-state index is 13.1. The van der Waals surface area contributed by atoms with Gasteiger partial charge in [0.1, 0.15) is 12.2 Å². The van der Waals surface area contributed by atoms with Crippen LogP contribution in [0.3, 0.4) is 0 Å². The van der Waals surface area contributed by atoms with Gasteiger partial charge in [0.05, 0.1) is 0 Å². The normalized spacial score (nSPS) is 13.4. The number of benzene rings is 2. The zero-order chi connectivity index (χ0) is 30.0. The van der Waals surface area contributed by atoms with E-state index < -0.39 is 46.5 Å². The second kappa shape index (κ2) is 11.8. The van der Waals surface area contributed by atoms with Crippen molar-refractivity contribution in [2.75, 3.05) is 0 Å². The molecule has 39 heavy (non-hydrogen) atoms. The van der Waals surface area contributed by atoms with Crippen LogP contribution in [0.15, 0.2) is 24.3 Å². The first-order chi connectivity index (χ1) is 17.8. The van der Waals surface area contributed by atoms with Crippen LogP contribution in [0.1, 0.15) is 102 Å². The van der Waals surface area contributed by atoms with E-state index in [2.05, 4.69) is 0 Å². The molecule has 2 rings (SSSR count). The van der Waals surface area contributed by atoms with Gasteiger partial charge < -0.3 is 9.47 Å². The highest BCUT2D eigenvalue weighted by molar-refractivity contribution is 6.41. The van der Waals surface area contributed by atoms with E-state index in [1.165, 1.54) is 0 Å². The molecule has 6 heteroatoms. The molecule has 0 heterocycles. The zero-order valence-corrected chi connectivity index (χ0v) is 25.6. The molecule has 0 aliphatic carbocycles. The van der Waals surface area contributed by atoms with E-state index in [0.29, 0.717) is 11.1 Å². The SMILES string of the molecule is Cc1ccc(C(=O)C(=O)OC(CC(OC(=O)C(=O)c2ccc(C)c(C)c2C)C(C)(C)C)C(C)(C)C)c(C)c1C. The van der Waals surface area contributed by atoms with Crippen molar-refractivity contribution in [1.29, 1.82) is 0 Å². The van der Waals surface area contributed by atoms with Gasteiger partial charge in [0.2, 0.25) is 0 Å². The lowest BCUT2D eigenvalue weighted by Gasteiger charge is -2.37. The van der Waals surface area contributed by atoms with Gasteiger partial charge in [-0.15, -0.1) is 0 Å². The van der Waals surface area contributed by atoms with Gasteiger partial charge in [0.25, 0.3) is 11.6 Å². The Morgan fingerprint density at radius 1 is 0.564 bits per heavy atom.